The summed E-state index contributed by atoms with van der Waals surface area (Å²) in [6.45, 7) is 0.580. The number of rotatable bonds is 0. The van der Waals surface area contributed by atoms with E-state index in [1.165, 1.54) is 6.21 Å². The lowest BCUT2D eigenvalue weighted by Gasteiger charge is -2.20. The molecule has 2 N–H and O–H groups in total. The Bertz CT molecular complexity index is 271. The Balaban J connectivity index is 2.29. The van der Waals surface area contributed by atoms with Gasteiger partial charge in [0.1, 0.15) is 10.9 Å². The summed E-state index contributed by atoms with van der Waals surface area (Å²) in [7, 11) is 0. The van der Waals surface area contributed by atoms with Crippen LogP contribution in [0, 0.1) is 0 Å². The lowest BCUT2D eigenvalue weighted by molar-refractivity contribution is -0.109. The maximum absolute atomic E-state index is 11.0. The molecule has 2 heterocycles. The minimum absolute atomic E-state index is 0.000556. The van der Waals surface area contributed by atoms with Crippen LogP contribution in [0.25, 0.3) is 0 Å². The molecular formula is C6H6BrN3O. The first-order chi connectivity index (χ1) is 5.27. The lowest BCUT2D eigenvalue weighted by Crippen LogP contribution is -2.43. The standard InChI is InChI=1S/C6H6BrN3O/c7-6-9-1-3-4(11)2-8-5(3)10-6/h2,6,9-10H,1H2. The molecule has 2 rings (SSSR count). The lowest BCUT2D eigenvalue weighted by atomic mass is 10.2. The molecule has 0 spiro atoms. The topological polar surface area (TPSA) is 53.5 Å². The Labute approximate surface area is 71.9 Å². The summed E-state index contributed by atoms with van der Waals surface area (Å²) in [5, 5.41) is 6.02. The fourth-order valence-corrected chi connectivity index (χ4v) is 1.43. The molecular weight excluding hydrogens is 210 g/mol. The number of hydrogen-bond acceptors (Lipinski definition) is 4. The van der Waals surface area contributed by atoms with Crippen LogP contribution in [0.5, 0.6) is 0 Å². The van der Waals surface area contributed by atoms with Gasteiger partial charge in [0.15, 0.2) is 0 Å². The Morgan fingerprint density at radius 2 is 2.55 bits per heavy atom. The van der Waals surface area contributed by atoms with E-state index in [0.29, 0.717) is 12.4 Å². The highest BCUT2D eigenvalue weighted by atomic mass is 79.9. The third-order valence-corrected chi connectivity index (χ3v) is 2.17. The molecule has 0 amide bonds. The second-order valence-electron chi connectivity index (χ2n) is 2.34. The molecule has 1 unspecified atom stereocenters. The summed E-state index contributed by atoms with van der Waals surface area (Å²) in [6.07, 6.45) is 1.34. The van der Waals surface area contributed by atoms with Gasteiger partial charge in [-0.2, -0.15) is 0 Å². The predicted molar refractivity (Wildman–Crippen MR) is 44.4 cm³/mol. The maximum Gasteiger partial charge on any atom is 0.205 e. The highest BCUT2D eigenvalue weighted by molar-refractivity contribution is 9.09. The fourth-order valence-electron chi connectivity index (χ4n) is 1.05. The fraction of sp³-hybridized carbons (Fsp3) is 0.333. The van der Waals surface area contributed by atoms with Crippen LogP contribution in [0.4, 0.5) is 0 Å². The molecule has 0 radical (unpaired) electrons. The van der Waals surface area contributed by atoms with Gasteiger partial charge in [0.2, 0.25) is 5.78 Å². The van der Waals surface area contributed by atoms with E-state index in [0.717, 1.165) is 5.57 Å². The van der Waals surface area contributed by atoms with Crippen molar-refractivity contribution in [2.45, 2.75) is 5.08 Å². The minimum atomic E-state index is -0.000556. The Hall–Kier alpha value is -0.680. The monoisotopic (exact) mass is 215 g/mol. The summed E-state index contributed by atoms with van der Waals surface area (Å²) in [5.74, 6) is 0.690. The molecule has 11 heavy (non-hydrogen) atoms. The van der Waals surface area contributed by atoms with Crippen molar-refractivity contribution in [2.75, 3.05) is 6.54 Å². The average molecular weight is 216 g/mol. The van der Waals surface area contributed by atoms with Gasteiger partial charge in [-0.1, -0.05) is 0 Å². The Morgan fingerprint density at radius 3 is 3.36 bits per heavy atom. The van der Waals surface area contributed by atoms with Crippen molar-refractivity contribution in [3.05, 3.63) is 11.4 Å². The van der Waals surface area contributed by atoms with Crippen LogP contribution >= 0.6 is 15.9 Å². The van der Waals surface area contributed by atoms with Crippen molar-refractivity contribution in [2.24, 2.45) is 4.99 Å². The normalized spacial score (nSPS) is 28.8. The molecule has 0 aromatic carbocycles. The van der Waals surface area contributed by atoms with E-state index in [4.69, 9.17) is 0 Å². The SMILES string of the molecule is O=C1C=NC2=C1CNC(Br)N2. The van der Waals surface area contributed by atoms with Crippen LogP contribution in [0.3, 0.4) is 0 Å². The van der Waals surface area contributed by atoms with Crippen molar-refractivity contribution in [1.29, 1.82) is 0 Å². The van der Waals surface area contributed by atoms with Crippen LogP contribution in [0.2, 0.25) is 0 Å². The first kappa shape index (κ1) is 7.00. The number of nitrogens with one attached hydrogen (secondary N) is 2. The maximum atomic E-state index is 11.0. The van der Waals surface area contributed by atoms with E-state index in [2.05, 4.69) is 31.6 Å². The van der Waals surface area contributed by atoms with E-state index < -0.39 is 0 Å². The van der Waals surface area contributed by atoms with Gasteiger partial charge >= 0.3 is 0 Å². The highest BCUT2D eigenvalue weighted by Crippen LogP contribution is 2.15. The molecule has 0 aliphatic carbocycles. The van der Waals surface area contributed by atoms with Crippen molar-refractivity contribution < 1.29 is 4.79 Å². The first-order valence-corrected chi connectivity index (χ1v) is 4.14. The number of carbonyl (C=O) groups excluding carboxylic acids is 1. The van der Waals surface area contributed by atoms with Crippen molar-refractivity contribution in [1.82, 2.24) is 10.6 Å². The van der Waals surface area contributed by atoms with Gasteiger partial charge in [-0.25, -0.2) is 4.99 Å². The molecule has 0 saturated heterocycles. The molecule has 5 heteroatoms. The van der Waals surface area contributed by atoms with Crippen molar-refractivity contribution in [3.63, 3.8) is 0 Å². The second kappa shape index (κ2) is 2.42. The van der Waals surface area contributed by atoms with E-state index in [9.17, 15) is 4.79 Å². The number of aliphatic imine (C=N–C) groups is 1. The largest absolute Gasteiger partial charge is 0.345 e. The van der Waals surface area contributed by atoms with E-state index >= 15 is 0 Å². The van der Waals surface area contributed by atoms with Gasteiger partial charge in [-0.15, -0.1) is 0 Å². The average Bonchev–Trinajstić information content (AvgIpc) is 2.32. The molecule has 2 aliphatic rings. The molecule has 0 aromatic rings. The van der Waals surface area contributed by atoms with Gasteiger partial charge in [0.25, 0.3) is 0 Å². The second-order valence-corrected chi connectivity index (χ2v) is 3.25. The molecule has 4 nitrogen and oxygen atoms in total. The predicted octanol–water partition coefficient (Wildman–Crippen LogP) is -0.277. The van der Waals surface area contributed by atoms with E-state index in [-0.39, 0.29) is 10.9 Å². The van der Waals surface area contributed by atoms with Crippen LogP contribution in [0.1, 0.15) is 0 Å². The summed E-state index contributed by atoms with van der Waals surface area (Å²) >= 11 is 3.30. The van der Waals surface area contributed by atoms with Gasteiger partial charge in [0.05, 0.1) is 11.8 Å². The molecule has 0 aromatic heterocycles. The van der Waals surface area contributed by atoms with Crippen molar-refractivity contribution >= 4 is 27.9 Å². The number of hydrogen-bond donors (Lipinski definition) is 2. The van der Waals surface area contributed by atoms with Crippen LogP contribution in [0.15, 0.2) is 16.4 Å². The van der Waals surface area contributed by atoms with Gasteiger partial charge < -0.3 is 5.32 Å². The number of ketones is 1. The minimum Gasteiger partial charge on any atom is -0.345 e. The number of alkyl halides is 1. The Kier molecular flexibility index (Phi) is 1.54. The number of nitrogens with zero attached hydrogens (tertiary/aromatic N) is 1. The third kappa shape index (κ3) is 1.10. The molecule has 1 atom stereocenters. The number of Topliss-reactive ketones (excluding diaryl/α,β-unsaturated/α-hetero) is 1. The quantitative estimate of drug-likeness (QED) is 0.432. The van der Waals surface area contributed by atoms with Crippen molar-refractivity contribution in [3.8, 4) is 0 Å². The molecule has 0 saturated carbocycles. The summed E-state index contributed by atoms with van der Waals surface area (Å²) in [6, 6.07) is 0. The smallest absolute Gasteiger partial charge is 0.205 e. The Morgan fingerprint density at radius 1 is 1.73 bits per heavy atom. The molecule has 2 aliphatic heterocycles. The van der Waals surface area contributed by atoms with E-state index in [1.807, 2.05) is 0 Å². The summed E-state index contributed by atoms with van der Waals surface area (Å²) in [4.78, 5) is 14.9. The number of carbonyl (C=O) groups is 1. The zero-order chi connectivity index (χ0) is 7.84. The highest BCUT2D eigenvalue weighted by Gasteiger charge is 2.24. The first-order valence-electron chi connectivity index (χ1n) is 3.23. The van der Waals surface area contributed by atoms with Gasteiger partial charge in [-0.3, -0.25) is 10.1 Å². The molecule has 58 valence electrons. The zero-order valence-corrected chi connectivity index (χ0v) is 7.18. The molecule has 0 bridgehead atoms. The molecule has 0 fully saturated rings. The summed E-state index contributed by atoms with van der Waals surface area (Å²) in [5.41, 5.74) is 0.723. The summed E-state index contributed by atoms with van der Waals surface area (Å²) < 4.78 is 0. The van der Waals surface area contributed by atoms with Crippen LogP contribution < -0.4 is 10.6 Å². The third-order valence-electron chi connectivity index (χ3n) is 1.62. The van der Waals surface area contributed by atoms with Gasteiger partial charge in [-0.05, 0) is 15.9 Å². The zero-order valence-electron chi connectivity index (χ0n) is 5.60. The number of halogens is 1. The van der Waals surface area contributed by atoms with Gasteiger partial charge in [0, 0.05) is 6.54 Å². The van der Waals surface area contributed by atoms with Crippen LogP contribution in [-0.4, -0.2) is 23.6 Å². The van der Waals surface area contributed by atoms with E-state index in [1.54, 1.807) is 0 Å². The van der Waals surface area contributed by atoms with Crippen LogP contribution in [-0.2, 0) is 4.79 Å².